The highest BCUT2D eigenvalue weighted by Gasteiger charge is 2.26. The smallest absolute Gasteiger partial charge is 0.266 e. The van der Waals surface area contributed by atoms with Crippen molar-refractivity contribution in [3.05, 3.63) is 63.9 Å². The lowest BCUT2D eigenvalue weighted by Crippen LogP contribution is -2.33. The first-order chi connectivity index (χ1) is 13.5. The number of likely N-dealkylation sites (tertiary alicyclic amines) is 1. The van der Waals surface area contributed by atoms with E-state index < -0.39 is 0 Å². The molecular formula is C20H16ClN3O3S. The predicted octanol–water partition coefficient (Wildman–Crippen LogP) is 3.28. The van der Waals surface area contributed by atoms with E-state index in [0.717, 1.165) is 11.8 Å². The molecule has 1 aliphatic rings. The minimum absolute atomic E-state index is 0.0249. The molecule has 1 fully saturated rings. The van der Waals surface area contributed by atoms with Crippen molar-refractivity contribution >= 4 is 46.1 Å². The number of amides is 2. The van der Waals surface area contributed by atoms with Crippen LogP contribution in [0.25, 0.3) is 16.6 Å². The number of hydrogen-bond donors (Lipinski definition) is 0. The molecule has 0 radical (unpaired) electrons. The molecule has 0 aliphatic carbocycles. The summed E-state index contributed by atoms with van der Waals surface area (Å²) in [6, 6.07) is 14.0. The summed E-state index contributed by atoms with van der Waals surface area (Å²) in [6.07, 6.45) is 1.09. The number of rotatable bonds is 4. The normalized spacial score (nSPS) is 14.0. The van der Waals surface area contributed by atoms with Crippen molar-refractivity contribution in [3.63, 3.8) is 0 Å². The molecule has 2 amide bonds. The van der Waals surface area contributed by atoms with Gasteiger partial charge < -0.3 is 0 Å². The number of imide groups is 1. The molecule has 0 atom stereocenters. The van der Waals surface area contributed by atoms with Gasteiger partial charge in [0.15, 0.2) is 5.16 Å². The van der Waals surface area contributed by atoms with Gasteiger partial charge in [-0.2, -0.15) is 0 Å². The number of carbonyl (C=O) groups excluding carboxylic acids is 2. The highest BCUT2D eigenvalue weighted by atomic mass is 35.5. The highest BCUT2D eigenvalue weighted by molar-refractivity contribution is 7.99. The topological polar surface area (TPSA) is 72.3 Å². The van der Waals surface area contributed by atoms with E-state index in [9.17, 15) is 14.4 Å². The van der Waals surface area contributed by atoms with Crippen LogP contribution in [-0.4, -0.2) is 38.6 Å². The summed E-state index contributed by atoms with van der Waals surface area (Å²) in [7, 11) is 0. The Kier molecular flexibility index (Phi) is 5.19. The van der Waals surface area contributed by atoms with Crippen LogP contribution in [0.4, 0.5) is 0 Å². The molecular weight excluding hydrogens is 398 g/mol. The Bertz CT molecular complexity index is 1140. The van der Waals surface area contributed by atoms with Gasteiger partial charge in [0, 0.05) is 18.0 Å². The lowest BCUT2D eigenvalue weighted by molar-refractivity contribution is -0.140. The van der Waals surface area contributed by atoms with Gasteiger partial charge in [0.05, 0.1) is 22.3 Å². The Morgan fingerprint density at radius 2 is 1.96 bits per heavy atom. The summed E-state index contributed by atoms with van der Waals surface area (Å²) in [5.74, 6) is -0.395. The van der Waals surface area contributed by atoms with Crippen LogP contribution >= 0.6 is 23.4 Å². The molecule has 8 heteroatoms. The van der Waals surface area contributed by atoms with E-state index in [1.54, 1.807) is 48.5 Å². The predicted molar refractivity (Wildman–Crippen MR) is 109 cm³/mol. The molecule has 2 aromatic carbocycles. The van der Waals surface area contributed by atoms with Crippen molar-refractivity contribution in [2.75, 3.05) is 12.3 Å². The fourth-order valence-electron chi connectivity index (χ4n) is 3.17. The lowest BCUT2D eigenvalue weighted by Gasteiger charge is -2.15. The van der Waals surface area contributed by atoms with Gasteiger partial charge in [-0.3, -0.25) is 23.9 Å². The molecule has 28 heavy (non-hydrogen) atoms. The molecule has 6 nitrogen and oxygen atoms in total. The second kappa shape index (κ2) is 7.77. The number of thioether (sulfide) groups is 1. The van der Waals surface area contributed by atoms with E-state index in [4.69, 9.17) is 11.6 Å². The van der Waals surface area contributed by atoms with E-state index in [-0.39, 0.29) is 23.1 Å². The minimum atomic E-state index is -0.271. The van der Waals surface area contributed by atoms with Gasteiger partial charge in [-0.25, -0.2) is 4.98 Å². The number of para-hydroxylation sites is 1. The van der Waals surface area contributed by atoms with Gasteiger partial charge in [-0.05, 0) is 36.8 Å². The Balaban J connectivity index is 1.75. The molecule has 1 aromatic heterocycles. The number of nitrogens with zero attached hydrogens (tertiary/aromatic N) is 3. The summed E-state index contributed by atoms with van der Waals surface area (Å²) in [5, 5.41) is 1.35. The van der Waals surface area contributed by atoms with Crippen LogP contribution in [0.1, 0.15) is 12.8 Å². The van der Waals surface area contributed by atoms with Crippen LogP contribution in [0.2, 0.25) is 5.02 Å². The van der Waals surface area contributed by atoms with Crippen molar-refractivity contribution < 1.29 is 9.59 Å². The number of halogens is 1. The largest absolute Gasteiger partial charge is 0.282 e. The summed E-state index contributed by atoms with van der Waals surface area (Å²) in [4.78, 5) is 43.2. The maximum Gasteiger partial charge on any atom is 0.266 e. The molecule has 0 bridgehead atoms. The molecule has 4 rings (SSSR count). The Morgan fingerprint density at radius 1 is 1.14 bits per heavy atom. The van der Waals surface area contributed by atoms with Gasteiger partial charge in [-0.1, -0.05) is 41.6 Å². The molecule has 1 aliphatic heterocycles. The zero-order valence-corrected chi connectivity index (χ0v) is 16.4. The van der Waals surface area contributed by atoms with Gasteiger partial charge in [0.2, 0.25) is 11.8 Å². The number of benzene rings is 2. The first-order valence-electron chi connectivity index (χ1n) is 8.78. The van der Waals surface area contributed by atoms with Crippen LogP contribution < -0.4 is 5.56 Å². The number of fused-ring (bicyclic) bond motifs is 1. The van der Waals surface area contributed by atoms with E-state index in [1.807, 2.05) is 0 Å². The Hall–Kier alpha value is -2.64. The van der Waals surface area contributed by atoms with E-state index in [1.165, 1.54) is 9.47 Å². The Labute approximate surface area is 170 Å². The van der Waals surface area contributed by atoms with Crippen LogP contribution in [0.3, 0.4) is 0 Å². The fourth-order valence-corrected chi connectivity index (χ4v) is 4.24. The molecule has 0 N–H and O–H groups in total. The van der Waals surface area contributed by atoms with Gasteiger partial charge in [0.25, 0.3) is 5.56 Å². The number of aromatic nitrogens is 2. The molecule has 142 valence electrons. The summed E-state index contributed by atoms with van der Waals surface area (Å²) >= 11 is 7.25. The molecule has 3 aromatic rings. The molecule has 0 unspecified atom stereocenters. The van der Waals surface area contributed by atoms with Crippen LogP contribution in [0, 0.1) is 0 Å². The average Bonchev–Trinajstić information content (AvgIpc) is 3.12. The summed E-state index contributed by atoms with van der Waals surface area (Å²) in [6.45, 7) is 0.449. The van der Waals surface area contributed by atoms with Crippen molar-refractivity contribution in [2.24, 2.45) is 0 Å². The monoisotopic (exact) mass is 413 g/mol. The average molecular weight is 414 g/mol. The van der Waals surface area contributed by atoms with E-state index >= 15 is 0 Å². The highest BCUT2D eigenvalue weighted by Crippen LogP contribution is 2.24. The van der Waals surface area contributed by atoms with Crippen molar-refractivity contribution in [3.8, 4) is 5.69 Å². The van der Waals surface area contributed by atoms with E-state index in [0.29, 0.717) is 46.2 Å². The first-order valence-corrected chi connectivity index (χ1v) is 10.1. The number of carbonyl (C=O) groups is 2. The third kappa shape index (κ3) is 3.55. The summed E-state index contributed by atoms with van der Waals surface area (Å²) in [5.41, 5.74) is 0.890. The zero-order chi connectivity index (χ0) is 19.7. The van der Waals surface area contributed by atoms with E-state index in [2.05, 4.69) is 4.98 Å². The van der Waals surface area contributed by atoms with Gasteiger partial charge in [-0.15, -0.1) is 0 Å². The van der Waals surface area contributed by atoms with Crippen LogP contribution in [-0.2, 0) is 9.59 Å². The second-order valence-electron chi connectivity index (χ2n) is 6.36. The minimum Gasteiger partial charge on any atom is -0.282 e. The maximum absolute atomic E-state index is 13.1. The van der Waals surface area contributed by atoms with Crippen LogP contribution in [0.15, 0.2) is 58.5 Å². The molecule has 2 heterocycles. The summed E-state index contributed by atoms with van der Waals surface area (Å²) < 4.78 is 1.46. The maximum atomic E-state index is 13.1. The number of hydrogen-bond acceptors (Lipinski definition) is 5. The van der Waals surface area contributed by atoms with Crippen LogP contribution in [0.5, 0.6) is 0 Å². The molecule has 1 saturated heterocycles. The van der Waals surface area contributed by atoms with Crippen molar-refractivity contribution in [1.82, 2.24) is 14.5 Å². The molecule has 0 spiro atoms. The zero-order valence-electron chi connectivity index (χ0n) is 14.8. The third-order valence-electron chi connectivity index (χ3n) is 4.51. The quantitative estimate of drug-likeness (QED) is 0.485. The standard InChI is InChI=1S/C20H16ClN3O3S/c21-13-5-3-6-14(11-13)24-19(27)15-7-1-2-8-16(15)22-20(24)28-12-18(26)23-10-4-9-17(23)25/h1-3,5-8,11H,4,9-10,12H2. The molecule has 0 saturated carbocycles. The first kappa shape index (κ1) is 18.7. The van der Waals surface area contributed by atoms with Gasteiger partial charge >= 0.3 is 0 Å². The van der Waals surface area contributed by atoms with Gasteiger partial charge in [0.1, 0.15) is 0 Å². The SMILES string of the molecule is O=C1CCCN1C(=O)CSc1nc2ccccc2c(=O)n1-c1cccc(Cl)c1. The second-order valence-corrected chi connectivity index (χ2v) is 7.74. The Morgan fingerprint density at radius 3 is 2.71 bits per heavy atom. The third-order valence-corrected chi connectivity index (χ3v) is 5.67. The van der Waals surface area contributed by atoms with Crippen molar-refractivity contribution in [2.45, 2.75) is 18.0 Å². The fraction of sp³-hybridized carbons (Fsp3) is 0.200. The lowest BCUT2D eigenvalue weighted by atomic mass is 10.2. The van der Waals surface area contributed by atoms with Crippen molar-refractivity contribution in [1.29, 1.82) is 0 Å².